The lowest BCUT2D eigenvalue weighted by molar-refractivity contribution is 0.185. The molecule has 1 nitrogen and oxygen atoms in total. The van der Waals surface area contributed by atoms with Crippen LogP contribution in [0.15, 0.2) is 12.7 Å². The fourth-order valence-corrected chi connectivity index (χ4v) is 4.85. The monoisotopic (exact) mass is 211 g/mol. The molecule has 1 aliphatic rings. The lowest BCUT2D eigenvalue weighted by Gasteiger charge is -2.41. The number of likely N-dealkylation sites (tertiary alicyclic amines) is 1. The SMILES string of the molecule is C=CC[SiH2]C(CC)(CC)N1CCCC1. The summed E-state index contributed by atoms with van der Waals surface area (Å²) in [5.41, 5.74) is 0. The molecular formula is C12H25NSi. The molecule has 0 amide bonds. The van der Waals surface area contributed by atoms with E-state index < -0.39 is 0 Å². The topological polar surface area (TPSA) is 3.24 Å². The third kappa shape index (κ3) is 2.48. The average Bonchev–Trinajstić information content (AvgIpc) is 2.74. The third-order valence-corrected chi connectivity index (χ3v) is 6.98. The molecule has 1 heterocycles. The molecule has 0 aromatic heterocycles. The second kappa shape index (κ2) is 5.71. The maximum atomic E-state index is 3.88. The summed E-state index contributed by atoms with van der Waals surface area (Å²) in [6, 6.07) is 1.30. The van der Waals surface area contributed by atoms with Crippen LogP contribution in [0.25, 0.3) is 0 Å². The maximum absolute atomic E-state index is 3.88. The molecule has 1 fully saturated rings. The van der Waals surface area contributed by atoms with Crippen LogP contribution in [0, 0.1) is 0 Å². The van der Waals surface area contributed by atoms with Gasteiger partial charge in [0.05, 0.1) is 0 Å². The smallest absolute Gasteiger partial charge is 0.0484 e. The van der Waals surface area contributed by atoms with Gasteiger partial charge in [-0.25, -0.2) is 0 Å². The van der Waals surface area contributed by atoms with Gasteiger partial charge in [0.2, 0.25) is 0 Å². The lowest BCUT2D eigenvalue weighted by atomic mass is 10.1. The zero-order chi connectivity index (χ0) is 10.4. The van der Waals surface area contributed by atoms with Crippen LogP contribution in [0.5, 0.6) is 0 Å². The minimum atomic E-state index is -0.00316. The summed E-state index contributed by atoms with van der Waals surface area (Å²) in [6.07, 6.45) is 7.67. The van der Waals surface area contributed by atoms with Gasteiger partial charge in [-0.05, 0) is 44.8 Å². The van der Waals surface area contributed by atoms with Gasteiger partial charge in [-0.3, -0.25) is 0 Å². The number of allylic oxidation sites excluding steroid dienone is 1. The van der Waals surface area contributed by atoms with Gasteiger partial charge in [0.25, 0.3) is 0 Å². The maximum Gasteiger partial charge on any atom is 0.0484 e. The van der Waals surface area contributed by atoms with Gasteiger partial charge in [0.15, 0.2) is 0 Å². The Hall–Kier alpha value is -0.0831. The van der Waals surface area contributed by atoms with Crippen molar-refractivity contribution in [2.45, 2.75) is 50.7 Å². The second-order valence-electron chi connectivity index (χ2n) is 4.45. The molecular weight excluding hydrogens is 186 g/mol. The first-order chi connectivity index (χ1) is 6.79. The molecule has 0 aromatic carbocycles. The van der Waals surface area contributed by atoms with Crippen molar-refractivity contribution >= 4 is 9.52 Å². The van der Waals surface area contributed by atoms with E-state index in [1.807, 2.05) is 0 Å². The summed E-state index contributed by atoms with van der Waals surface area (Å²) in [4.78, 5) is 2.78. The zero-order valence-electron chi connectivity index (χ0n) is 9.89. The van der Waals surface area contributed by atoms with E-state index in [2.05, 4.69) is 31.4 Å². The summed E-state index contributed by atoms with van der Waals surface area (Å²) in [6.45, 7) is 11.3. The number of rotatable bonds is 6. The van der Waals surface area contributed by atoms with Crippen molar-refractivity contribution in [1.82, 2.24) is 4.90 Å². The Morgan fingerprint density at radius 1 is 1.29 bits per heavy atom. The zero-order valence-corrected chi connectivity index (χ0v) is 11.3. The molecule has 1 saturated heterocycles. The summed E-state index contributed by atoms with van der Waals surface area (Å²) < 4.78 is 0. The Morgan fingerprint density at radius 2 is 1.86 bits per heavy atom. The van der Waals surface area contributed by atoms with Crippen molar-refractivity contribution in [2.75, 3.05) is 13.1 Å². The van der Waals surface area contributed by atoms with Crippen LogP contribution in [0.3, 0.4) is 0 Å². The Morgan fingerprint density at radius 3 is 2.29 bits per heavy atom. The first-order valence-corrected chi connectivity index (χ1v) is 7.85. The van der Waals surface area contributed by atoms with E-state index >= 15 is 0 Å². The van der Waals surface area contributed by atoms with Crippen LogP contribution in [0.4, 0.5) is 0 Å². The van der Waals surface area contributed by atoms with Crippen molar-refractivity contribution < 1.29 is 0 Å². The molecule has 0 aromatic rings. The highest BCUT2D eigenvalue weighted by Crippen LogP contribution is 2.27. The van der Waals surface area contributed by atoms with Crippen molar-refractivity contribution in [3.05, 3.63) is 12.7 Å². The molecule has 2 heteroatoms. The van der Waals surface area contributed by atoms with E-state index in [1.54, 1.807) is 0 Å². The highest BCUT2D eigenvalue weighted by Gasteiger charge is 2.33. The van der Waals surface area contributed by atoms with Crippen molar-refractivity contribution in [3.8, 4) is 0 Å². The molecule has 0 unspecified atom stereocenters. The predicted octanol–water partition coefficient (Wildman–Crippen LogP) is 2.37. The van der Waals surface area contributed by atoms with Gasteiger partial charge in [-0.15, -0.1) is 6.58 Å². The number of hydrogen-bond donors (Lipinski definition) is 0. The van der Waals surface area contributed by atoms with E-state index in [0.29, 0.717) is 5.16 Å². The summed E-state index contributed by atoms with van der Waals surface area (Å²) >= 11 is 0. The molecule has 1 rings (SSSR count). The molecule has 82 valence electrons. The van der Waals surface area contributed by atoms with E-state index in [0.717, 1.165) is 0 Å². The molecule has 0 radical (unpaired) electrons. The van der Waals surface area contributed by atoms with Crippen molar-refractivity contribution in [1.29, 1.82) is 0 Å². The Kier molecular flexibility index (Phi) is 4.89. The molecule has 0 spiro atoms. The lowest BCUT2D eigenvalue weighted by Crippen LogP contribution is -2.51. The van der Waals surface area contributed by atoms with E-state index in [4.69, 9.17) is 0 Å². The van der Waals surface area contributed by atoms with Crippen LogP contribution >= 0.6 is 0 Å². The van der Waals surface area contributed by atoms with Crippen LogP contribution in [-0.4, -0.2) is 32.7 Å². The standard InChI is InChI=1S/C12H25NSi/c1-4-11-14-12(5-2,6-3)13-9-7-8-10-13/h4H,1,5-11,14H2,2-3H3. The van der Waals surface area contributed by atoms with Gasteiger partial charge >= 0.3 is 0 Å². The highest BCUT2D eigenvalue weighted by molar-refractivity contribution is 6.40. The average molecular weight is 211 g/mol. The molecule has 0 bridgehead atoms. The van der Waals surface area contributed by atoms with Gasteiger partial charge < -0.3 is 4.90 Å². The minimum Gasteiger partial charge on any atom is -0.301 e. The quantitative estimate of drug-likeness (QED) is 0.482. The van der Waals surface area contributed by atoms with Gasteiger partial charge in [-0.2, -0.15) is 0 Å². The first-order valence-electron chi connectivity index (χ1n) is 6.15. The van der Waals surface area contributed by atoms with Gasteiger partial charge in [0.1, 0.15) is 0 Å². The van der Waals surface area contributed by atoms with E-state index in [9.17, 15) is 0 Å². The fourth-order valence-electron chi connectivity index (χ4n) is 2.77. The Labute approximate surface area is 91.4 Å². The van der Waals surface area contributed by atoms with Gasteiger partial charge in [-0.1, -0.05) is 19.9 Å². The minimum absolute atomic E-state index is 0.00316. The van der Waals surface area contributed by atoms with Gasteiger partial charge in [0, 0.05) is 14.7 Å². The Balaban J connectivity index is 2.61. The largest absolute Gasteiger partial charge is 0.301 e. The predicted molar refractivity (Wildman–Crippen MR) is 67.7 cm³/mol. The second-order valence-corrected chi connectivity index (χ2v) is 6.85. The fraction of sp³-hybridized carbons (Fsp3) is 0.833. The molecule has 0 N–H and O–H groups in total. The first kappa shape index (κ1) is 12.0. The van der Waals surface area contributed by atoms with E-state index in [-0.39, 0.29) is 9.52 Å². The summed E-state index contributed by atoms with van der Waals surface area (Å²) in [5.74, 6) is 0. The summed E-state index contributed by atoms with van der Waals surface area (Å²) in [7, 11) is -0.00316. The van der Waals surface area contributed by atoms with Crippen molar-refractivity contribution in [2.24, 2.45) is 0 Å². The molecule has 1 aliphatic heterocycles. The van der Waals surface area contributed by atoms with E-state index in [1.165, 1.54) is 44.8 Å². The molecule has 14 heavy (non-hydrogen) atoms. The number of nitrogens with zero attached hydrogens (tertiary/aromatic N) is 1. The Bertz CT molecular complexity index is 169. The van der Waals surface area contributed by atoms with Crippen molar-refractivity contribution in [3.63, 3.8) is 0 Å². The van der Waals surface area contributed by atoms with Crippen LogP contribution in [0.1, 0.15) is 39.5 Å². The van der Waals surface area contributed by atoms with Crippen LogP contribution < -0.4 is 0 Å². The molecule has 0 atom stereocenters. The normalized spacial score (nSPS) is 19.6. The molecule has 0 saturated carbocycles. The molecule has 0 aliphatic carbocycles. The highest BCUT2D eigenvalue weighted by atomic mass is 28.2. The number of hydrogen-bond acceptors (Lipinski definition) is 1. The summed E-state index contributed by atoms with van der Waals surface area (Å²) in [5, 5.41) is 0.616. The third-order valence-electron chi connectivity index (χ3n) is 3.91. The van der Waals surface area contributed by atoms with Crippen LogP contribution in [-0.2, 0) is 0 Å². The van der Waals surface area contributed by atoms with Crippen LogP contribution in [0.2, 0.25) is 6.04 Å².